The minimum atomic E-state index is -0.424. The van der Waals surface area contributed by atoms with Crippen molar-refractivity contribution in [2.75, 3.05) is 6.61 Å². The molecular weight excluding hydrogens is 262 g/mol. The number of imidazole rings is 1. The van der Waals surface area contributed by atoms with Crippen LogP contribution in [0.4, 0.5) is 0 Å². The van der Waals surface area contributed by atoms with Gasteiger partial charge in [-0.15, -0.1) is 0 Å². The Morgan fingerprint density at radius 3 is 3.13 bits per heavy atom. The van der Waals surface area contributed by atoms with E-state index in [1.54, 1.807) is 23.8 Å². The van der Waals surface area contributed by atoms with E-state index in [-0.39, 0.29) is 0 Å². The van der Waals surface area contributed by atoms with Gasteiger partial charge in [-0.1, -0.05) is 0 Å². The Kier molecular flexibility index (Phi) is 2.68. The molecule has 0 atom stereocenters. The van der Waals surface area contributed by atoms with Gasteiger partial charge < -0.3 is 4.74 Å². The maximum Gasteiger partial charge on any atom is 0.359 e. The van der Waals surface area contributed by atoms with Gasteiger partial charge in [0.05, 0.1) is 16.6 Å². The minimum absolute atomic E-state index is 0.297. The van der Waals surface area contributed by atoms with Crippen LogP contribution >= 0.6 is 15.9 Å². The molecule has 2 heterocycles. The zero-order valence-electron chi connectivity index (χ0n) is 7.98. The summed E-state index contributed by atoms with van der Waals surface area (Å²) in [6.45, 7) is 2.09. The van der Waals surface area contributed by atoms with Crippen LogP contribution in [0, 0.1) is 0 Å². The molecule has 0 bridgehead atoms. The third kappa shape index (κ3) is 1.72. The lowest BCUT2D eigenvalue weighted by atomic mass is 10.3. The number of hydrogen-bond donors (Lipinski definition) is 0. The number of rotatable bonds is 2. The summed E-state index contributed by atoms with van der Waals surface area (Å²) in [6, 6.07) is 0. The topological polar surface area (TPSA) is 56.5 Å². The Balaban J connectivity index is 2.57. The molecule has 0 aliphatic carbocycles. The van der Waals surface area contributed by atoms with Gasteiger partial charge in [-0.25, -0.2) is 14.8 Å². The predicted octanol–water partition coefficient (Wildman–Crippen LogP) is 1.67. The molecule has 0 spiro atoms. The molecule has 0 unspecified atom stereocenters. The third-order valence-corrected chi connectivity index (χ3v) is 2.45. The molecule has 0 fully saturated rings. The van der Waals surface area contributed by atoms with Gasteiger partial charge in [-0.05, 0) is 22.9 Å². The Morgan fingerprint density at radius 1 is 1.60 bits per heavy atom. The van der Waals surface area contributed by atoms with Crippen molar-refractivity contribution in [1.82, 2.24) is 14.4 Å². The third-order valence-electron chi connectivity index (χ3n) is 1.87. The maximum atomic E-state index is 11.5. The lowest BCUT2D eigenvalue weighted by molar-refractivity contribution is 0.0522. The second kappa shape index (κ2) is 3.98. The molecule has 6 heteroatoms. The number of carbonyl (C=O) groups excluding carboxylic acids is 1. The first-order valence-electron chi connectivity index (χ1n) is 4.37. The van der Waals surface area contributed by atoms with Gasteiger partial charge >= 0.3 is 5.97 Å². The van der Waals surface area contributed by atoms with Gasteiger partial charge in [0.1, 0.15) is 12.7 Å². The van der Waals surface area contributed by atoms with E-state index in [9.17, 15) is 4.79 Å². The molecule has 2 aromatic rings. The minimum Gasteiger partial charge on any atom is -0.461 e. The number of nitrogens with zero attached hydrogens (tertiary/aromatic N) is 3. The first-order valence-corrected chi connectivity index (χ1v) is 5.16. The van der Waals surface area contributed by atoms with Gasteiger partial charge in [0.25, 0.3) is 0 Å². The molecule has 0 amide bonds. The first kappa shape index (κ1) is 10.1. The van der Waals surface area contributed by atoms with Crippen LogP contribution in [-0.4, -0.2) is 26.9 Å². The monoisotopic (exact) mass is 269 g/mol. The van der Waals surface area contributed by atoms with Gasteiger partial charge in [0.2, 0.25) is 0 Å². The summed E-state index contributed by atoms with van der Waals surface area (Å²) >= 11 is 3.32. The summed E-state index contributed by atoms with van der Waals surface area (Å²) in [5, 5.41) is 0. The van der Waals surface area contributed by atoms with E-state index >= 15 is 0 Å². The molecule has 0 N–H and O–H groups in total. The molecular formula is C9H8BrN3O2. The molecule has 0 aliphatic rings. The van der Waals surface area contributed by atoms with Crippen LogP contribution in [0.2, 0.25) is 0 Å². The zero-order valence-corrected chi connectivity index (χ0v) is 9.56. The number of hydrogen-bond acceptors (Lipinski definition) is 4. The van der Waals surface area contributed by atoms with Gasteiger partial charge in [-0.3, -0.25) is 4.40 Å². The van der Waals surface area contributed by atoms with E-state index in [0.717, 1.165) is 0 Å². The van der Waals surface area contributed by atoms with E-state index in [4.69, 9.17) is 4.74 Å². The van der Waals surface area contributed by atoms with E-state index < -0.39 is 5.97 Å². The van der Waals surface area contributed by atoms with Crippen molar-refractivity contribution >= 4 is 27.4 Å². The van der Waals surface area contributed by atoms with Crippen LogP contribution < -0.4 is 0 Å². The lowest BCUT2D eigenvalue weighted by Crippen LogP contribution is -2.05. The molecule has 0 saturated carbocycles. The number of carbonyl (C=O) groups is 1. The molecule has 0 radical (unpaired) electrons. The summed E-state index contributed by atoms with van der Waals surface area (Å²) in [4.78, 5) is 19.5. The van der Waals surface area contributed by atoms with Gasteiger partial charge in [0.15, 0.2) is 5.69 Å². The van der Waals surface area contributed by atoms with Crippen molar-refractivity contribution in [3.05, 3.63) is 29.0 Å². The second-order valence-corrected chi connectivity index (χ2v) is 3.67. The van der Waals surface area contributed by atoms with Crippen molar-refractivity contribution in [2.45, 2.75) is 6.92 Å². The van der Waals surface area contributed by atoms with Crippen LogP contribution in [-0.2, 0) is 4.74 Å². The van der Waals surface area contributed by atoms with Crippen LogP contribution in [0.3, 0.4) is 0 Å². The molecule has 0 saturated heterocycles. The first-order chi connectivity index (χ1) is 7.24. The molecule has 78 valence electrons. The summed E-state index contributed by atoms with van der Waals surface area (Å²) < 4.78 is 7.27. The number of halogens is 1. The standard InChI is InChI=1S/C9H8BrN3O2/c1-2-15-9(14)7-8-6(10)3-11-4-13(8)5-12-7/h3-5H,2H2,1H3. The van der Waals surface area contributed by atoms with E-state index in [1.807, 2.05) is 0 Å². The van der Waals surface area contributed by atoms with Crippen LogP contribution in [0.15, 0.2) is 23.3 Å². The molecule has 2 aromatic heterocycles. The maximum absolute atomic E-state index is 11.5. The Labute approximate surface area is 94.2 Å². The highest BCUT2D eigenvalue weighted by molar-refractivity contribution is 9.10. The van der Waals surface area contributed by atoms with Gasteiger partial charge in [0, 0.05) is 6.20 Å². The van der Waals surface area contributed by atoms with Crippen molar-refractivity contribution in [1.29, 1.82) is 0 Å². The normalized spacial score (nSPS) is 10.5. The molecule has 0 aliphatic heterocycles. The number of fused-ring (bicyclic) bond motifs is 1. The molecule has 15 heavy (non-hydrogen) atoms. The number of aromatic nitrogens is 3. The number of esters is 1. The van der Waals surface area contributed by atoms with Crippen LogP contribution in [0.1, 0.15) is 17.4 Å². The fraction of sp³-hybridized carbons (Fsp3) is 0.222. The lowest BCUT2D eigenvalue weighted by Gasteiger charge is -2.00. The van der Waals surface area contributed by atoms with E-state index in [1.165, 1.54) is 6.33 Å². The Morgan fingerprint density at radius 2 is 2.40 bits per heavy atom. The molecule has 2 rings (SSSR count). The Bertz CT molecular complexity index is 509. The van der Waals surface area contributed by atoms with Crippen molar-refractivity contribution in [3.63, 3.8) is 0 Å². The SMILES string of the molecule is CCOC(=O)c1ncn2cncc(Br)c12. The summed E-state index contributed by atoms with van der Waals surface area (Å²) in [6.07, 6.45) is 4.72. The van der Waals surface area contributed by atoms with Gasteiger partial charge in [-0.2, -0.15) is 0 Å². The van der Waals surface area contributed by atoms with Crippen molar-refractivity contribution in [2.24, 2.45) is 0 Å². The van der Waals surface area contributed by atoms with Crippen molar-refractivity contribution < 1.29 is 9.53 Å². The largest absolute Gasteiger partial charge is 0.461 e. The highest BCUT2D eigenvalue weighted by atomic mass is 79.9. The summed E-state index contributed by atoms with van der Waals surface area (Å²) in [7, 11) is 0. The fourth-order valence-electron chi connectivity index (χ4n) is 1.27. The molecule has 5 nitrogen and oxygen atoms in total. The summed E-state index contributed by atoms with van der Waals surface area (Å²) in [5.74, 6) is -0.424. The zero-order chi connectivity index (χ0) is 10.8. The molecule has 0 aromatic carbocycles. The van der Waals surface area contributed by atoms with E-state index in [0.29, 0.717) is 22.3 Å². The Hall–Kier alpha value is -1.43. The highest BCUT2D eigenvalue weighted by Crippen LogP contribution is 2.20. The average Bonchev–Trinajstić information content (AvgIpc) is 2.63. The van der Waals surface area contributed by atoms with Crippen molar-refractivity contribution in [3.8, 4) is 0 Å². The second-order valence-electron chi connectivity index (χ2n) is 2.81. The highest BCUT2D eigenvalue weighted by Gasteiger charge is 2.16. The predicted molar refractivity (Wildman–Crippen MR) is 56.6 cm³/mol. The quantitative estimate of drug-likeness (QED) is 0.779. The fourth-order valence-corrected chi connectivity index (χ4v) is 1.78. The number of ether oxygens (including phenoxy) is 1. The average molecular weight is 270 g/mol. The smallest absolute Gasteiger partial charge is 0.359 e. The van der Waals surface area contributed by atoms with E-state index in [2.05, 4.69) is 25.9 Å². The van der Waals surface area contributed by atoms with Crippen LogP contribution in [0.25, 0.3) is 5.52 Å². The summed E-state index contributed by atoms with van der Waals surface area (Å²) in [5.41, 5.74) is 0.967. The van der Waals surface area contributed by atoms with Crippen LogP contribution in [0.5, 0.6) is 0 Å².